The first-order chi connectivity index (χ1) is 13.0. The van der Waals surface area contributed by atoms with E-state index in [2.05, 4.69) is 10.5 Å². The summed E-state index contributed by atoms with van der Waals surface area (Å²) in [6.07, 6.45) is 1.42. The van der Waals surface area contributed by atoms with E-state index in [0.717, 1.165) is 5.39 Å². The summed E-state index contributed by atoms with van der Waals surface area (Å²) in [6.45, 7) is 2.46. The van der Waals surface area contributed by atoms with Gasteiger partial charge in [-0.15, -0.1) is 0 Å². The van der Waals surface area contributed by atoms with Crippen molar-refractivity contribution in [2.24, 2.45) is 5.10 Å². The molecule has 0 aliphatic heterocycles. The largest absolute Gasteiger partial charge is 0.494 e. The summed E-state index contributed by atoms with van der Waals surface area (Å²) in [4.78, 5) is 12.2. The van der Waals surface area contributed by atoms with Gasteiger partial charge in [-0.05, 0) is 48.9 Å². The molecule has 6 nitrogen and oxygen atoms in total. The molecule has 0 aliphatic rings. The van der Waals surface area contributed by atoms with Gasteiger partial charge in [-0.3, -0.25) is 4.79 Å². The Morgan fingerprint density at radius 1 is 1.22 bits per heavy atom. The molecule has 27 heavy (non-hydrogen) atoms. The molecule has 1 heterocycles. The molecule has 0 unspecified atom stereocenters. The topological polar surface area (TPSA) is 73.1 Å². The van der Waals surface area contributed by atoms with E-state index in [1.54, 1.807) is 30.3 Å². The first kappa shape index (κ1) is 19.1. The van der Waals surface area contributed by atoms with Gasteiger partial charge in [0.15, 0.2) is 11.5 Å². The second kappa shape index (κ2) is 8.33. The number of fused-ring (bicyclic) bond motifs is 1. The van der Waals surface area contributed by atoms with E-state index in [1.165, 1.54) is 13.3 Å². The van der Waals surface area contributed by atoms with Crippen LogP contribution in [-0.4, -0.2) is 25.8 Å². The second-order valence-corrected chi connectivity index (χ2v) is 6.27. The third kappa shape index (κ3) is 4.35. The SMILES string of the molecule is CCOc1ccc2oc(C(=O)N/N=C/c3cc(Cl)c(OC)c(Cl)c3)cc2c1. The molecule has 0 fully saturated rings. The molecule has 0 spiro atoms. The van der Waals surface area contributed by atoms with Crippen molar-refractivity contribution in [3.8, 4) is 11.5 Å². The van der Waals surface area contributed by atoms with Gasteiger partial charge in [-0.1, -0.05) is 23.2 Å². The minimum Gasteiger partial charge on any atom is -0.494 e. The number of carbonyl (C=O) groups is 1. The molecule has 1 amide bonds. The second-order valence-electron chi connectivity index (χ2n) is 5.46. The van der Waals surface area contributed by atoms with Gasteiger partial charge in [-0.25, -0.2) is 5.43 Å². The van der Waals surface area contributed by atoms with Crippen LogP contribution >= 0.6 is 23.2 Å². The lowest BCUT2D eigenvalue weighted by molar-refractivity contribution is 0.0929. The molecule has 0 radical (unpaired) electrons. The molecule has 0 saturated carbocycles. The number of hydrazone groups is 1. The molecule has 3 rings (SSSR count). The van der Waals surface area contributed by atoms with Crippen molar-refractivity contribution in [2.75, 3.05) is 13.7 Å². The molecule has 0 bridgehead atoms. The van der Waals surface area contributed by atoms with Crippen LogP contribution in [0.5, 0.6) is 11.5 Å². The predicted octanol–water partition coefficient (Wildman–Crippen LogP) is 4.91. The lowest BCUT2D eigenvalue weighted by Crippen LogP contribution is -2.16. The van der Waals surface area contributed by atoms with Crippen molar-refractivity contribution in [3.05, 3.63) is 57.8 Å². The summed E-state index contributed by atoms with van der Waals surface area (Å²) < 4.78 is 16.1. The van der Waals surface area contributed by atoms with E-state index >= 15 is 0 Å². The number of furan rings is 1. The van der Waals surface area contributed by atoms with Gasteiger partial charge in [0, 0.05) is 5.39 Å². The maximum atomic E-state index is 12.2. The van der Waals surface area contributed by atoms with E-state index in [9.17, 15) is 4.79 Å². The highest BCUT2D eigenvalue weighted by Gasteiger charge is 2.12. The van der Waals surface area contributed by atoms with Crippen LogP contribution in [0.4, 0.5) is 0 Å². The van der Waals surface area contributed by atoms with Crippen LogP contribution < -0.4 is 14.9 Å². The summed E-state index contributed by atoms with van der Waals surface area (Å²) >= 11 is 12.1. The molecule has 0 aliphatic carbocycles. The smallest absolute Gasteiger partial charge is 0.307 e. The Kier molecular flexibility index (Phi) is 5.88. The average Bonchev–Trinajstić information content (AvgIpc) is 3.05. The molecule has 3 aromatic rings. The fourth-order valence-electron chi connectivity index (χ4n) is 2.46. The van der Waals surface area contributed by atoms with Gasteiger partial charge >= 0.3 is 5.91 Å². The van der Waals surface area contributed by atoms with Gasteiger partial charge in [0.05, 0.1) is 30.0 Å². The molecule has 2 aromatic carbocycles. The lowest BCUT2D eigenvalue weighted by Gasteiger charge is -2.06. The minimum atomic E-state index is -0.480. The Balaban J connectivity index is 1.72. The number of halogens is 2. The van der Waals surface area contributed by atoms with Crippen molar-refractivity contribution in [1.82, 2.24) is 5.43 Å². The molecule has 140 valence electrons. The summed E-state index contributed by atoms with van der Waals surface area (Å²) in [5.74, 6) is 0.755. The van der Waals surface area contributed by atoms with Crippen LogP contribution in [-0.2, 0) is 0 Å². The molecule has 1 aromatic heterocycles. The minimum absolute atomic E-state index is 0.140. The highest BCUT2D eigenvalue weighted by molar-refractivity contribution is 6.37. The summed E-state index contributed by atoms with van der Waals surface area (Å²) in [6, 6.07) is 10.2. The van der Waals surface area contributed by atoms with Gasteiger partial charge in [0.1, 0.15) is 11.3 Å². The summed E-state index contributed by atoms with van der Waals surface area (Å²) in [7, 11) is 1.48. The van der Waals surface area contributed by atoms with Gasteiger partial charge in [-0.2, -0.15) is 5.10 Å². The van der Waals surface area contributed by atoms with E-state index in [1.807, 2.05) is 13.0 Å². The number of nitrogens with one attached hydrogen (secondary N) is 1. The zero-order chi connectivity index (χ0) is 19.4. The zero-order valence-corrected chi connectivity index (χ0v) is 16.1. The number of benzene rings is 2. The fraction of sp³-hybridized carbons (Fsp3) is 0.158. The van der Waals surface area contributed by atoms with E-state index in [0.29, 0.717) is 39.3 Å². The Morgan fingerprint density at radius 2 is 1.96 bits per heavy atom. The van der Waals surface area contributed by atoms with Gasteiger partial charge < -0.3 is 13.9 Å². The summed E-state index contributed by atoms with van der Waals surface area (Å²) in [5, 5.41) is 5.37. The van der Waals surface area contributed by atoms with Crippen molar-refractivity contribution in [1.29, 1.82) is 0 Å². The Labute approximate surface area is 165 Å². The number of methoxy groups -OCH3 is 1. The Bertz CT molecular complexity index is 991. The number of hydrogen-bond donors (Lipinski definition) is 1. The first-order valence-corrected chi connectivity index (χ1v) is 8.80. The highest BCUT2D eigenvalue weighted by Crippen LogP contribution is 2.33. The molecule has 0 atom stereocenters. The molecule has 0 saturated heterocycles. The zero-order valence-electron chi connectivity index (χ0n) is 14.6. The monoisotopic (exact) mass is 406 g/mol. The first-order valence-electron chi connectivity index (χ1n) is 8.04. The number of carbonyl (C=O) groups excluding carboxylic acids is 1. The van der Waals surface area contributed by atoms with Crippen LogP contribution in [0.1, 0.15) is 23.0 Å². The van der Waals surface area contributed by atoms with E-state index in [4.69, 9.17) is 37.1 Å². The fourth-order valence-corrected chi connectivity index (χ4v) is 3.12. The van der Waals surface area contributed by atoms with Gasteiger partial charge in [0.2, 0.25) is 0 Å². The van der Waals surface area contributed by atoms with Crippen LogP contribution in [0.2, 0.25) is 10.0 Å². The maximum absolute atomic E-state index is 12.2. The third-order valence-electron chi connectivity index (χ3n) is 3.63. The van der Waals surface area contributed by atoms with Crippen LogP contribution in [0.15, 0.2) is 45.9 Å². The predicted molar refractivity (Wildman–Crippen MR) is 105 cm³/mol. The van der Waals surface area contributed by atoms with Crippen molar-refractivity contribution < 1.29 is 18.7 Å². The van der Waals surface area contributed by atoms with E-state index < -0.39 is 5.91 Å². The quantitative estimate of drug-likeness (QED) is 0.466. The molecular formula is C19H16Cl2N2O4. The third-order valence-corrected chi connectivity index (χ3v) is 4.19. The number of hydrogen-bond acceptors (Lipinski definition) is 5. The standard InChI is InChI=1S/C19H16Cl2N2O4/c1-3-26-13-4-5-16-12(8-13)9-17(27-16)19(24)23-22-10-11-6-14(20)18(25-2)15(21)7-11/h4-10H,3H2,1-2H3,(H,23,24)/b22-10+. The maximum Gasteiger partial charge on any atom is 0.307 e. The van der Waals surface area contributed by atoms with Crippen LogP contribution in [0.25, 0.3) is 11.0 Å². The van der Waals surface area contributed by atoms with Crippen molar-refractivity contribution >= 4 is 46.3 Å². The average molecular weight is 407 g/mol. The van der Waals surface area contributed by atoms with Gasteiger partial charge in [0.25, 0.3) is 0 Å². The number of ether oxygens (including phenoxy) is 2. The summed E-state index contributed by atoms with van der Waals surface area (Å²) in [5.41, 5.74) is 3.60. The molecule has 8 heteroatoms. The number of amides is 1. The van der Waals surface area contributed by atoms with Crippen molar-refractivity contribution in [3.63, 3.8) is 0 Å². The number of nitrogens with zero attached hydrogens (tertiary/aromatic N) is 1. The lowest BCUT2D eigenvalue weighted by atomic mass is 10.2. The normalized spacial score (nSPS) is 11.1. The Hall–Kier alpha value is -2.70. The highest BCUT2D eigenvalue weighted by atomic mass is 35.5. The van der Waals surface area contributed by atoms with Crippen molar-refractivity contribution in [2.45, 2.75) is 6.92 Å². The molecule has 1 N–H and O–H groups in total. The van der Waals surface area contributed by atoms with E-state index in [-0.39, 0.29) is 5.76 Å². The van der Waals surface area contributed by atoms with Crippen LogP contribution in [0.3, 0.4) is 0 Å². The Morgan fingerprint density at radius 3 is 2.63 bits per heavy atom. The molecular weight excluding hydrogens is 391 g/mol. The van der Waals surface area contributed by atoms with Crippen LogP contribution in [0, 0.1) is 0 Å². The number of rotatable bonds is 6.